The van der Waals surface area contributed by atoms with Gasteiger partial charge in [0.05, 0.1) is 18.4 Å². The molecule has 0 saturated carbocycles. The highest BCUT2D eigenvalue weighted by Crippen LogP contribution is 2.14. The summed E-state index contributed by atoms with van der Waals surface area (Å²) in [6.45, 7) is 4.38. The van der Waals surface area contributed by atoms with E-state index in [1.165, 1.54) is 12.1 Å². The molecule has 122 valence electrons. The van der Waals surface area contributed by atoms with Crippen molar-refractivity contribution in [2.75, 3.05) is 5.32 Å². The minimum Gasteiger partial charge on any atom is -0.319 e. The molecule has 0 aliphatic rings. The zero-order chi connectivity index (χ0) is 17.1. The zero-order valence-corrected chi connectivity index (χ0v) is 13.6. The lowest BCUT2D eigenvalue weighted by atomic mass is 10.1. The van der Waals surface area contributed by atoms with Crippen molar-refractivity contribution in [1.82, 2.24) is 9.78 Å². The Labute approximate surface area is 139 Å². The van der Waals surface area contributed by atoms with Crippen LogP contribution in [-0.4, -0.2) is 15.7 Å². The SMILES string of the molecule is Cc1ccc(C)c(C(=O)Nc2cnn(Cc3ccc(F)cc3)c2)c1. The third-order valence-electron chi connectivity index (χ3n) is 3.79. The van der Waals surface area contributed by atoms with E-state index in [-0.39, 0.29) is 11.7 Å². The standard InChI is InChI=1S/C19H18FN3O/c1-13-3-4-14(2)18(9-13)19(24)22-17-10-21-23(12-17)11-15-5-7-16(20)8-6-15/h3-10,12H,11H2,1-2H3,(H,22,24). The van der Waals surface area contributed by atoms with E-state index in [1.54, 1.807) is 29.2 Å². The van der Waals surface area contributed by atoms with Gasteiger partial charge >= 0.3 is 0 Å². The lowest BCUT2D eigenvalue weighted by Crippen LogP contribution is -2.13. The molecule has 0 unspecified atom stereocenters. The van der Waals surface area contributed by atoms with Crippen LogP contribution in [0.15, 0.2) is 54.9 Å². The van der Waals surface area contributed by atoms with Gasteiger partial charge in [0.1, 0.15) is 5.82 Å². The van der Waals surface area contributed by atoms with Gasteiger partial charge in [0.15, 0.2) is 0 Å². The molecule has 1 aromatic heterocycles. The number of carbonyl (C=O) groups excluding carboxylic acids is 1. The van der Waals surface area contributed by atoms with Crippen molar-refractivity contribution in [2.24, 2.45) is 0 Å². The van der Waals surface area contributed by atoms with E-state index < -0.39 is 0 Å². The van der Waals surface area contributed by atoms with Crippen LogP contribution in [0.1, 0.15) is 27.0 Å². The average Bonchev–Trinajstić information content (AvgIpc) is 2.99. The van der Waals surface area contributed by atoms with Crippen molar-refractivity contribution in [1.29, 1.82) is 0 Å². The monoisotopic (exact) mass is 323 g/mol. The van der Waals surface area contributed by atoms with Crippen molar-refractivity contribution in [3.63, 3.8) is 0 Å². The number of nitrogens with zero attached hydrogens (tertiary/aromatic N) is 2. The average molecular weight is 323 g/mol. The molecule has 1 amide bonds. The molecule has 24 heavy (non-hydrogen) atoms. The molecular formula is C19H18FN3O. The molecule has 0 radical (unpaired) electrons. The fourth-order valence-electron chi connectivity index (χ4n) is 2.47. The normalized spacial score (nSPS) is 10.6. The van der Waals surface area contributed by atoms with E-state index in [1.807, 2.05) is 32.0 Å². The molecule has 4 nitrogen and oxygen atoms in total. The molecular weight excluding hydrogens is 305 g/mol. The molecule has 1 heterocycles. The number of nitrogens with one attached hydrogen (secondary N) is 1. The van der Waals surface area contributed by atoms with Gasteiger partial charge in [-0.2, -0.15) is 5.10 Å². The highest BCUT2D eigenvalue weighted by atomic mass is 19.1. The minimum atomic E-state index is -0.263. The maximum atomic E-state index is 12.9. The molecule has 0 bridgehead atoms. The third-order valence-corrected chi connectivity index (χ3v) is 3.79. The topological polar surface area (TPSA) is 46.9 Å². The van der Waals surface area contributed by atoms with Gasteiger partial charge in [0, 0.05) is 11.8 Å². The lowest BCUT2D eigenvalue weighted by molar-refractivity contribution is 0.102. The second-order valence-corrected chi connectivity index (χ2v) is 5.83. The summed E-state index contributed by atoms with van der Waals surface area (Å²) in [5.74, 6) is -0.418. The van der Waals surface area contributed by atoms with Crippen LogP contribution in [0.2, 0.25) is 0 Å². The Balaban J connectivity index is 1.70. The maximum Gasteiger partial charge on any atom is 0.256 e. The van der Waals surface area contributed by atoms with Crippen molar-refractivity contribution >= 4 is 11.6 Å². The summed E-state index contributed by atoms with van der Waals surface area (Å²) in [4.78, 5) is 12.4. The number of benzene rings is 2. The summed E-state index contributed by atoms with van der Waals surface area (Å²) in [7, 11) is 0. The van der Waals surface area contributed by atoms with Gasteiger partial charge in [-0.25, -0.2) is 4.39 Å². The van der Waals surface area contributed by atoms with E-state index in [0.717, 1.165) is 16.7 Å². The number of aryl methyl sites for hydroxylation is 2. The molecule has 3 rings (SSSR count). The molecule has 3 aromatic rings. The summed E-state index contributed by atoms with van der Waals surface area (Å²) in [5, 5.41) is 7.09. The van der Waals surface area contributed by atoms with Gasteiger partial charge < -0.3 is 5.32 Å². The minimum absolute atomic E-state index is 0.155. The fraction of sp³-hybridized carbons (Fsp3) is 0.158. The smallest absolute Gasteiger partial charge is 0.256 e. The Morgan fingerprint density at radius 2 is 1.92 bits per heavy atom. The van der Waals surface area contributed by atoms with Gasteiger partial charge in [-0.15, -0.1) is 0 Å². The fourth-order valence-corrected chi connectivity index (χ4v) is 2.47. The Bertz CT molecular complexity index is 869. The zero-order valence-electron chi connectivity index (χ0n) is 13.6. The van der Waals surface area contributed by atoms with Crippen molar-refractivity contribution in [2.45, 2.75) is 20.4 Å². The van der Waals surface area contributed by atoms with E-state index in [2.05, 4.69) is 10.4 Å². The molecule has 1 N–H and O–H groups in total. The number of hydrogen-bond acceptors (Lipinski definition) is 2. The first kappa shape index (κ1) is 15.9. The van der Waals surface area contributed by atoms with Gasteiger partial charge in [0.2, 0.25) is 0 Å². The quantitative estimate of drug-likeness (QED) is 0.790. The van der Waals surface area contributed by atoms with Crippen molar-refractivity contribution in [3.05, 3.63) is 82.9 Å². The van der Waals surface area contributed by atoms with E-state index >= 15 is 0 Å². The van der Waals surface area contributed by atoms with Gasteiger partial charge in [0.25, 0.3) is 5.91 Å². The summed E-state index contributed by atoms with van der Waals surface area (Å²) in [6.07, 6.45) is 3.36. The number of amides is 1. The van der Waals surface area contributed by atoms with Crippen LogP contribution in [0, 0.1) is 19.7 Å². The highest BCUT2D eigenvalue weighted by Gasteiger charge is 2.10. The number of halogens is 1. The van der Waals surface area contributed by atoms with E-state index in [9.17, 15) is 9.18 Å². The first-order chi connectivity index (χ1) is 11.5. The van der Waals surface area contributed by atoms with E-state index in [0.29, 0.717) is 17.8 Å². The third kappa shape index (κ3) is 3.68. The van der Waals surface area contributed by atoms with Crippen LogP contribution >= 0.6 is 0 Å². The van der Waals surface area contributed by atoms with Crippen LogP contribution in [0.3, 0.4) is 0 Å². The molecule has 0 spiro atoms. The predicted molar refractivity (Wildman–Crippen MR) is 91.6 cm³/mol. The second-order valence-electron chi connectivity index (χ2n) is 5.83. The number of carbonyl (C=O) groups is 1. The Morgan fingerprint density at radius 1 is 1.17 bits per heavy atom. The summed E-state index contributed by atoms with van der Waals surface area (Å²) < 4.78 is 14.6. The number of anilines is 1. The van der Waals surface area contributed by atoms with Crippen molar-refractivity contribution in [3.8, 4) is 0 Å². The van der Waals surface area contributed by atoms with Crippen molar-refractivity contribution < 1.29 is 9.18 Å². The molecule has 0 saturated heterocycles. The molecule has 0 atom stereocenters. The first-order valence-corrected chi connectivity index (χ1v) is 7.67. The first-order valence-electron chi connectivity index (χ1n) is 7.67. The number of rotatable bonds is 4. The molecule has 2 aromatic carbocycles. The van der Waals surface area contributed by atoms with Gasteiger partial charge in [-0.1, -0.05) is 29.8 Å². The van der Waals surface area contributed by atoms with Crippen LogP contribution in [-0.2, 0) is 6.54 Å². The van der Waals surface area contributed by atoms with Crippen LogP contribution < -0.4 is 5.32 Å². The molecule has 0 aliphatic heterocycles. The largest absolute Gasteiger partial charge is 0.319 e. The Hall–Kier alpha value is -2.95. The predicted octanol–water partition coefficient (Wildman–Crippen LogP) is 3.94. The van der Waals surface area contributed by atoms with Crippen LogP contribution in [0.25, 0.3) is 0 Å². The van der Waals surface area contributed by atoms with Crippen LogP contribution in [0.4, 0.5) is 10.1 Å². The highest BCUT2D eigenvalue weighted by molar-refractivity contribution is 6.05. The Kier molecular flexibility index (Phi) is 4.42. The molecule has 0 aliphatic carbocycles. The second kappa shape index (κ2) is 6.66. The molecule has 5 heteroatoms. The van der Waals surface area contributed by atoms with E-state index in [4.69, 9.17) is 0 Å². The maximum absolute atomic E-state index is 12.9. The molecule has 0 fully saturated rings. The van der Waals surface area contributed by atoms with Gasteiger partial charge in [-0.05, 0) is 43.2 Å². The lowest BCUT2D eigenvalue weighted by Gasteiger charge is -2.07. The summed E-state index contributed by atoms with van der Waals surface area (Å²) >= 11 is 0. The van der Waals surface area contributed by atoms with Gasteiger partial charge in [-0.3, -0.25) is 9.48 Å². The number of aromatic nitrogens is 2. The van der Waals surface area contributed by atoms with Crippen LogP contribution in [0.5, 0.6) is 0 Å². The number of hydrogen-bond donors (Lipinski definition) is 1. The summed E-state index contributed by atoms with van der Waals surface area (Å²) in [5.41, 5.74) is 4.19. The Morgan fingerprint density at radius 3 is 2.67 bits per heavy atom. The summed E-state index contributed by atoms with van der Waals surface area (Å²) in [6, 6.07) is 12.0.